The van der Waals surface area contributed by atoms with Crippen LogP contribution in [0.1, 0.15) is 38.2 Å². The van der Waals surface area contributed by atoms with Crippen molar-refractivity contribution in [1.29, 1.82) is 0 Å². The van der Waals surface area contributed by atoms with Gasteiger partial charge in [-0.1, -0.05) is 36.4 Å². The summed E-state index contributed by atoms with van der Waals surface area (Å²) in [4.78, 5) is 19.0. The lowest BCUT2D eigenvalue weighted by Gasteiger charge is -2.26. The van der Waals surface area contributed by atoms with Gasteiger partial charge in [0, 0.05) is 50.4 Å². The van der Waals surface area contributed by atoms with E-state index in [1.165, 1.54) is 12.1 Å². The molecule has 226 valence electrons. The van der Waals surface area contributed by atoms with Crippen LogP contribution in [0.2, 0.25) is 0 Å². The van der Waals surface area contributed by atoms with Gasteiger partial charge in [-0.25, -0.2) is 17.9 Å². The SMILES string of the molecule is C=C(Cl)CC(NC)C1=C(C)/C(=C/CCCCOC(=O)NCc2ccc(S(=O)(=O)NCCN3CCOCC3)cc2)C=N1. The molecule has 2 heterocycles. The van der Waals surface area contributed by atoms with Gasteiger partial charge in [0.15, 0.2) is 0 Å². The lowest BCUT2D eigenvalue weighted by Crippen LogP contribution is -2.41. The van der Waals surface area contributed by atoms with Crippen LogP contribution in [0.3, 0.4) is 0 Å². The summed E-state index contributed by atoms with van der Waals surface area (Å²) in [5, 5.41) is 6.53. The molecule has 0 bridgehead atoms. The minimum absolute atomic E-state index is 0.0350. The molecule has 1 atom stereocenters. The second-order valence-corrected chi connectivity index (χ2v) is 12.3. The number of likely N-dealkylation sites (N-methyl/N-ethyl adjacent to an activating group) is 1. The molecule has 1 saturated heterocycles. The number of unbranched alkanes of at least 4 members (excludes halogenated alkanes) is 2. The lowest BCUT2D eigenvalue weighted by molar-refractivity contribution is 0.0390. The minimum Gasteiger partial charge on any atom is -0.450 e. The number of carbonyl (C=O) groups excluding carboxylic acids is 1. The number of halogens is 1. The van der Waals surface area contributed by atoms with Gasteiger partial charge >= 0.3 is 6.09 Å². The molecule has 0 radical (unpaired) electrons. The first-order chi connectivity index (χ1) is 19.7. The monoisotopic (exact) mass is 607 g/mol. The van der Waals surface area contributed by atoms with E-state index in [2.05, 4.69) is 44.8 Å². The van der Waals surface area contributed by atoms with Crippen LogP contribution in [0.25, 0.3) is 0 Å². The van der Waals surface area contributed by atoms with Gasteiger partial charge < -0.3 is 20.1 Å². The molecule has 0 spiro atoms. The summed E-state index contributed by atoms with van der Waals surface area (Å²) in [5.74, 6) is 0. The minimum atomic E-state index is -3.59. The van der Waals surface area contributed by atoms with Gasteiger partial charge in [0.25, 0.3) is 0 Å². The molecule has 2 aliphatic rings. The van der Waals surface area contributed by atoms with Gasteiger partial charge in [-0.15, -0.1) is 0 Å². The van der Waals surface area contributed by atoms with Crippen molar-refractivity contribution < 1.29 is 22.7 Å². The molecule has 3 N–H and O–H groups in total. The van der Waals surface area contributed by atoms with Crippen molar-refractivity contribution in [1.82, 2.24) is 20.3 Å². The summed E-state index contributed by atoms with van der Waals surface area (Å²) in [6, 6.07) is 6.48. The number of hydrogen-bond donors (Lipinski definition) is 3. The maximum Gasteiger partial charge on any atom is 0.407 e. The summed E-state index contributed by atoms with van der Waals surface area (Å²) in [7, 11) is -1.71. The molecule has 0 aromatic heterocycles. The van der Waals surface area contributed by atoms with Crippen LogP contribution in [0.15, 0.2) is 68.7 Å². The van der Waals surface area contributed by atoms with E-state index in [4.69, 9.17) is 21.1 Å². The normalized spacial score (nSPS) is 17.7. The molecule has 41 heavy (non-hydrogen) atoms. The number of morpholine rings is 1. The van der Waals surface area contributed by atoms with Crippen LogP contribution in [0.4, 0.5) is 4.79 Å². The standard InChI is InChI=1S/C29H42ClN5O5S/c1-22(30)19-27(31-3)28-23(2)25(21-32-28)7-5-4-6-16-40-29(36)33-20-24-8-10-26(11-9-24)41(37,38)34-12-13-35-14-17-39-18-15-35/h7-11,21,27,31,34H,1,4-6,12-20H2,2-3H3,(H,33,36)/b25-7+. The fourth-order valence-electron chi connectivity index (χ4n) is 4.52. The Labute approximate surface area is 249 Å². The Morgan fingerprint density at radius 2 is 1.98 bits per heavy atom. The van der Waals surface area contributed by atoms with E-state index in [1.807, 2.05) is 13.3 Å². The molecule has 1 unspecified atom stereocenters. The van der Waals surface area contributed by atoms with Crippen LogP contribution in [-0.2, 0) is 26.0 Å². The summed E-state index contributed by atoms with van der Waals surface area (Å²) in [6.07, 6.45) is 6.60. The number of nitrogens with zero attached hydrogens (tertiary/aromatic N) is 2. The zero-order valence-corrected chi connectivity index (χ0v) is 25.5. The molecule has 3 rings (SSSR count). The highest BCUT2D eigenvalue weighted by Crippen LogP contribution is 2.27. The van der Waals surface area contributed by atoms with E-state index in [0.717, 1.165) is 54.8 Å². The summed E-state index contributed by atoms with van der Waals surface area (Å²) < 4.78 is 38.3. The molecule has 1 fully saturated rings. The lowest BCUT2D eigenvalue weighted by atomic mass is 10.0. The van der Waals surface area contributed by atoms with Crippen molar-refractivity contribution in [3.05, 3.63) is 64.4 Å². The smallest absolute Gasteiger partial charge is 0.407 e. The number of nitrogens with one attached hydrogen (secondary N) is 3. The number of allylic oxidation sites excluding steroid dienone is 3. The highest BCUT2D eigenvalue weighted by molar-refractivity contribution is 7.89. The second-order valence-electron chi connectivity index (χ2n) is 9.97. The third-order valence-corrected chi connectivity index (χ3v) is 8.59. The van der Waals surface area contributed by atoms with Gasteiger partial charge in [-0.2, -0.15) is 0 Å². The predicted molar refractivity (Wildman–Crippen MR) is 163 cm³/mol. The van der Waals surface area contributed by atoms with Crippen LogP contribution in [-0.4, -0.2) is 84.7 Å². The average Bonchev–Trinajstić information content (AvgIpc) is 3.32. The Hall–Kier alpha value is -2.54. The first kappa shape index (κ1) is 33.0. The molecule has 1 aromatic carbocycles. The Bertz CT molecular complexity index is 1220. The Kier molecular flexibility index (Phi) is 13.5. The van der Waals surface area contributed by atoms with Crippen molar-refractivity contribution in [2.24, 2.45) is 4.99 Å². The van der Waals surface area contributed by atoms with Crippen molar-refractivity contribution >= 4 is 33.9 Å². The first-order valence-corrected chi connectivity index (χ1v) is 15.8. The second kappa shape index (κ2) is 16.8. The van der Waals surface area contributed by atoms with Gasteiger partial charge in [0.1, 0.15) is 0 Å². The van der Waals surface area contributed by atoms with Crippen molar-refractivity contribution in [2.75, 3.05) is 53.0 Å². The molecular weight excluding hydrogens is 566 g/mol. The maximum atomic E-state index is 12.6. The van der Waals surface area contributed by atoms with E-state index in [1.54, 1.807) is 12.1 Å². The van der Waals surface area contributed by atoms with Crippen LogP contribution >= 0.6 is 11.6 Å². The van der Waals surface area contributed by atoms with Crippen LogP contribution in [0.5, 0.6) is 0 Å². The maximum absolute atomic E-state index is 12.6. The third kappa shape index (κ3) is 11.0. The van der Waals surface area contributed by atoms with Crippen LogP contribution in [0, 0.1) is 0 Å². The number of alkyl carbamates (subject to hydrolysis) is 1. The number of benzene rings is 1. The largest absolute Gasteiger partial charge is 0.450 e. The number of ether oxygens (including phenoxy) is 2. The summed E-state index contributed by atoms with van der Waals surface area (Å²) in [5.41, 5.74) is 3.98. The fourth-order valence-corrected chi connectivity index (χ4v) is 5.70. The number of hydrogen-bond acceptors (Lipinski definition) is 8. The highest BCUT2D eigenvalue weighted by Gasteiger charge is 2.20. The number of carbonyl (C=O) groups is 1. The molecule has 2 aliphatic heterocycles. The summed E-state index contributed by atoms with van der Waals surface area (Å²) in [6.45, 7) is 10.3. The zero-order valence-electron chi connectivity index (χ0n) is 24.0. The Balaban J connectivity index is 1.31. The molecule has 10 nitrogen and oxygen atoms in total. The molecule has 0 saturated carbocycles. The highest BCUT2D eigenvalue weighted by atomic mass is 35.5. The van der Waals surface area contributed by atoms with E-state index >= 15 is 0 Å². The number of amides is 1. The van der Waals surface area contributed by atoms with E-state index in [0.29, 0.717) is 44.4 Å². The molecule has 0 aliphatic carbocycles. The molecule has 1 aromatic rings. The number of aliphatic imine (C=N–C) groups is 1. The zero-order chi connectivity index (χ0) is 29.7. The molecular formula is C29H42ClN5O5S. The third-order valence-electron chi connectivity index (χ3n) is 6.95. The average molecular weight is 608 g/mol. The Morgan fingerprint density at radius 3 is 2.66 bits per heavy atom. The summed E-state index contributed by atoms with van der Waals surface area (Å²) >= 11 is 5.98. The van der Waals surface area contributed by atoms with Gasteiger partial charge in [-0.05, 0) is 62.1 Å². The van der Waals surface area contributed by atoms with Gasteiger partial charge in [0.2, 0.25) is 10.0 Å². The predicted octanol–water partition coefficient (Wildman–Crippen LogP) is 3.71. The van der Waals surface area contributed by atoms with Gasteiger partial charge in [-0.3, -0.25) is 9.89 Å². The van der Waals surface area contributed by atoms with Crippen molar-refractivity contribution in [2.45, 2.75) is 50.1 Å². The van der Waals surface area contributed by atoms with E-state index < -0.39 is 16.1 Å². The number of rotatable bonds is 16. The number of sulfonamides is 1. The quantitative estimate of drug-likeness (QED) is 0.245. The van der Waals surface area contributed by atoms with Crippen molar-refractivity contribution in [3.63, 3.8) is 0 Å². The topological polar surface area (TPSA) is 121 Å². The van der Waals surface area contributed by atoms with E-state index in [9.17, 15) is 13.2 Å². The van der Waals surface area contributed by atoms with Crippen molar-refractivity contribution in [3.8, 4) is 0 Å². The fraction of sp³-hybridized carbons (Fsp3) is 0.517. The van der Waals surface area contributed by atoms with Gasteiger partial charge in [0.05, 0.1) is 36.5 Å². The molecule has 12 heteroatoms. The van der Waals surface area contributed by atoms with E-state index in [-0.39, 0.29) is 17.5 Å². The first-order valence-electron chi connectivity index (χ1n) is 13.9. The Morgan fingerprint density at radius 1 is 1.24 bits per heavy atom. The molecule has 1 amide bonds. The van der Waals surface area contributed by atoms with Crippen LogP contribution < -0.4 is 15.4 Å².